The number of aldehydes is 1. The van der Waals surface area contributed by atoms with Gasteiger partial charge in [-0.1, -0.05) is 17.7 Å². The summed E-state index contributed by atoms with van der Waals surface area (Å²) in [6.07, 6.45) is 3.59. The topological polar surface area (TPSA) is 93.8 Å². The van der Waals surface area contributed by atoms with Crippen LogP contribution in [0.1, 0.15) is 26.7 Å². The number of halogens is 3. The zero-order valence-electron chi connectivity index (χ0n) is 19.8. The number of hydrogen-bond donors (Lipinski definition) is 2. The van der Waals surface area contributed by atoms with E-state index in [0.29, 0.717) is 36.3 Å². The zero-order valence-corrected chi connectivity index (χ0v) is 20.5. The van der Waals surface area contributed by atoms with Gasteiger partial charge in [0.25, 0.3) is 5.91 Å². The molecule has 1 amide bonds. The molecule has 11 heteroatoms. The largest absolute Gasteiger partial charge is 0.323 e. The minimum absolute atomic E-state index is 0.0221. The number of hydrogen-bond acceptors (Lipinski definition) is 5. The molecule has 0 spiro atoms. The molecule has 8 nitrogen and oxygen atoms in total. The summed E-state index contributed by atoms with van der Waals surface area (Å²) in [4.78, 5) is 27.8. The Morgan fingerprint density at radius 1 is 1.14 bits per heavy atom. The zero-order chi connectivity index (χ0) is 26.0. The summed E-state index contributed by atoms with van der Waals surface area (Å²) in [5.74, 6) is -2.67. The lowest BCUT2D eigenvalue weighted by atomic mass is 10.0. The highest BCUT2D eigenvalue weighted by atomic mass is 35.5. The van der Waals surface area contributed by atoms with E-state index in [2.05, 4.69) is 20.7 Å². The van der Waals surface area contributed by atoms with Gasteiger partial charge in [0, 0.05) is 47.7 Å². The minimum atomic E-state index is -1.05. The van der Waals surface area contributed by atoms with E-state index in [1.807, 2.05) is 7.05 Å². The molecule has 36 heavy (non-hydrogen) atoms. The van der Waals surface area contributed by atoms with Crippen LogP contribution in [0.25, 0.3) is 22.4 Å². The number of amides is 1. The molecule has 2 aromatic heterocycles. The molecule has 0 unspecified atom stereocenters. The third-order valence-corrected chi connectivity index (χ3v) is 6.09. The van der Waals surface area contributed by atoms with Crippen LogP contribution in [0, 0.1) is 18.6 Å². The number of benzene rings is 2. The van der Waals surface area contributed by atoms with Crippen LogP contribution >= 0.6 is 11.6 Å². The van der Waals surface area contributed by atoms with Crippen molar-refractivity contribution in [1.29, 1.82) is 0 Å². The van der Waals surface area contributed by atoms with Crippen molar-refractivity contribution in [2.24, 2.45) is 7.05 Å². The van der Waals surface area contributed by atoms with Gasteiger partial charge in [0.05, 0.1) is 29.2 Å². The lowest BCUT2D eigenvalue weighted by Gasteiger charge is -2.10. The van der Waals surface area contributed by atoms with Crippen molar-refractivity contribution in [3.05, 3.63) is 76.5 Å². The van der Waals surface area contributed by atoms with Crippen molar-refractivity contribution in [2.75, 3.05) is 18.9 Å². The molecule has 0 radical (unpaired) electrons. The van der Waals surface area contributed by atoms with Crippen LogP contribution in [0.2, 0.25) is 5.02 Å². The molecule has 2 heterocycles. The standard InChI is InChI=1S/C25H23ClF2N6O2/c1-14-19(12-34(32-14)9-8-29-2)17-6-7-18(23(28)22(17)27)21-11-30-24(33(21)3)25(36)31-16-5-4-15(13-35)20(26)10-16/h4-7,10-13,29H,8-9H2,1-3H3,(H,31,36). The number of carbonyl (C=O) groups excluding carboxylic acids is 2. The van der Waals surface area contributed by atoms with E-state index in [9.17, 15) is 9.59 Å². The van der Waals surface area contributed by atoms with Gasteiger partial charge in [-0.3, -0.25) is 14.3 Å². The van der Waals surface area contributed by atoms with Crippen LogP contribution in [0.4, 0.5) is 14.5 Å². The number of anilines is 1. The van der Waals surface area contributed by atoms with Gasteiger partial charge in [-0.25, -0.2) is 13.8 Å². The molecule has 2 aromatic carbocycles. The van der Waals surface area contributed by atoms with Gasteiger partial charge in [-0.15, -0.1) is 0 Å². The Labute approximate surface area is 210 Å². The van der Waals surface area contributed by atoms with Crippen molar-refractivity contribution in [1.82, 2.24) is 24.6 Å². The summed E-state index contributed by atoms with van der Waals surface area (Å²) in [7, 11) is 3.35. The highest BCUT2D eigenvalue weighted by Crippen LogP contribution is 2.33. The van der Waals surface area contributed by atoms with Gasteiger partial charge in [0.15, 0.2) is 23.7 Å². The lowest BCUT2D eigenvalue weighted by molar-refractivity contribution is 0.101. The summed E-state index contributed by atoms with van der Waals surface area (Å²) >= 11 is 6.01. The van der Waals surface area contributed by atoms with E-state index in [1.165, 1.54) is 48.1 Å². The third-order valence-electron chi connectivity index (χ3n) is 5.76. The quantitative estimate of drug-likeness (QED) is 0.340. The van der Waals surface area contributed by atoms with Crippen LogP contribution in [-0.2, 0) is 13.6 Å². The number of nitrogens with zero attached hydrogens (tertiary/aromatic N) is 4. The van der Waals surface area contributed by atoms with Gasteiger partial charge in [0.2, 0.25) is 0 Å². The first-order valence-electron chi connectivity index (χ1n) is 11.0. The van der Waals surface area contributed by atoms with Crippen molar-refractivity contribution < 1.29 is 18.4 Å². The molecular weight excluding hydrogens is 490 g/mol. The first-order valence-corrected chi connectivity index (χ1v) is 11.4. The van der Waals surface area contributed by atoms with E-state index >= 15 is 8.78 Å². The SMILES string of the molecule is CNCCn1cc(-c2ccc(-c3cnc(C(=O)Nc4ccc(C=O)c(Cl)c4)n3C)c(F)c2F)c(C)n1. The molecule has 0 fully saturated rings. The first kappa shape index (κ1) is 25.2. The number of likely N-dealkylation sites (N-methyl/N-ethyl adjacent to an activating group) is 1. The van der Waals surface area contributed by atoms with Gasteiger partial charge >= 0.3 is 0 Å². The fourth-order valence-electron chi connectivity index (χ4n) is 3.84. The van der Waals surface area contributed by atoms with Crippen molar-refractivity contribution in [3.63, 3.8) is 0 Å². The van der Waals surface area contributed by atoms with Crippen molar-refractivity contribution in [2.45, 2.75) is 13.5 Å². The maximum atomic E-state index is 15.2. The van der Waals surface area contributed by atoms with E-state index in [1.54, 1.807) is 17.8 Å². The van der Waals surface area contributed by atoms with E-state index in [0.717, 1.165) is 0 Å². The third kappa shape index (κ3) is 4.77. The summed E-state index contributed by atoms with van der Waals surface area (Å²) in [5.41, 5.74) is 2.00. The van der Waals surface area contributed by atoms with E-state index < -0.39 is 17.5 Å². The van der Waals surface area contributed by atoms with Crippen molar-refractivity contribution in [3.8, 4) is 22.4 Å². The van der Waals surface area contributed by atoms with Gasteiger partial charge in [0.1, 0.15) is 0 Å². The Morgan fingerprint density at radius 2 is 1.86 bits per heavy atom. The van der Waals surface area contributed by atoms with Gasteiger partial charge < -0.3 is 15.2 Å². The molecule has 0 aliphatic carbocycles. The number of imidazole rings is 1. The number of aromatic nitrogens is 4. The first-order chi connectivity index (χ1) is 17.2. The fraction of sp³-hybridized carbons (Fsp3) is 0.200. The highest BCUT2D eigenvalue weighted by molar-refractivity contribution is 6.33. The Hall–Kier alpha value is -3.89. The van der Waals surface area contributed by atoms with Crippen LogP contribution in [0.15, 0.2) is 42.7 Å². The molecule has 0 aliphatic heterocycles. The number of nitrogens with one attached hydrogen (secondary N) is 2. The normalized spacial score (nSPS) is 11.1. The second-order valence-corrected chi connectivity index (χ2v) is 8.52. The molecule has 2 N–H and O–H groups in total. The molecule has 4 rings (SSSR count). The molecule has 0 saturated carbocycles. The average molecular weight is 513 g/mol. The number of carbonyl (C=O) groups is 2. The van der Waals surface area contributed by atoms with Crippen LogP contribution in [-0.4, -0.2) is 45.1 Å². The molecular formula is C25H23ClF2N6O2. The van der Waals surface area contributed by atoms with Crippen LogP contribution in [0.3, 0.4) is 0 Å². The van der Waals surface area contributed by atoms with Gasteiger partial charge in [-0.05, 0) is 38.2 Å². The molecule has 0 saturated heterocycles. The molecule has 0 bridgehead atoms. The van der Waals surface area contributed by atoms with E-state index in [-0.39, 0.29) is 33.2 Å². The molecule has 186 valence electrons. The number of rotatable bonds is 8. The Bertz CT molecular complexity index is 1460. The maximum Gasteiger partial charge on any atom is 0.291 e. The van der Waals surface area contributed by atoms with Crippen molar-refractivity contribution >= 4 is 29.5 Å². The summed E-state index contributed by atoms with van der Waals surface area (Å²) in [5, 5.41) is 10.2. The summed E-state index contributed by atoms with van der Waals surface area (Å²) in [6, 6.07) is 7.37. The molecule has 0 aliphatic rings. The van der Waals surface area contributed by atoms with E-state index in [4.69, 9.17) is 11.6 Å². The predicted octanol–water partition coefficient (Wildman–Crippen LogP) is 4.47. The minimum Gasteiger partial charge on any atom is -0.323 e. The highest BCUT2D eigenvalue weighted by Gasteiger charge is 2.23. The number of aryl methyl sites for hydroxylation is 1. The molecule has 0 atom stereocenters. The average Bonchev–Trinajstić information content (AvgIpc) is 3.41. The maximum absolute atomic E-state index is 15.2. The Balaban J connectivity index is 1.62. The van der Waals surface area contributed by atoms with Crippen LogP contribution in [0.5, 0.6) is 0 Å². The monoisotopic (exact) mass is 512 g/mol. The summed E-state index contributed by atoms with van der Waals surface area (Å²) in [6.45, 7) is 3.01. The second-order valence-electron chi connectivity index (χ2n) is 8.12. The predicted molar refractivity (Wildman–Crippen MR) is 133 cm³/mol. The smallest absolute Gasteiger partial charge is 0.291 e. The molecule has 4 aromatic rings. The second kappa shape index (κ2) is 10.4. The Kier molecular flexibility index (Phi) is 7.27. The summed E-state index contributed by atoms with van der Waals surface area (Å²) < 4.78 is 33.5. The lowest BCUT2D eigenvalue weighted by Crippen LogP contribution is -2.17. The van der Waals surface area contributed by atoms with Crippen LogP contribution < -0.4 is 10.6 Å². The fourth-order valence-corrected chi connectivity index (χ4v) is 4.06. The van der Waals surface area contributed by atoms with Gasteiger partial charge in [-0.2, -0.15) is 5.10 Å². The Morgan fingerprint density at radius 3 is 2.56 bits per heavy atom.